The largest absolute Gasteiger partial charge is 0.481 e. The zero-order chi connectivity index (χ0) is 14.7. The maximum atomic E-state index is 12.3. The Morgan fingerprint density at radius 2 is 2.15 bits per heavy atom. The minimum atomic E-state index is -0.813. The van der Waals surface area contributed by atoms with E-state index in [9.17, 15) is 9.59 Å². The average molecular weight is 276 g/mol. The highest BCUT2D eigenvalue weighted by Crippen LogP contribution is 2.22. The highest BCUT2D eigenvalue weighted by molar-refractivity contribution is 5.80. The van der Waals surface area contributed by atoms with Crippen molar-refractivity contribution >= 4 is 11.9 Å². The molecule has 108 valence electrons. The van der Waals surface area contributed by atoms with Crippen molar-refractivity contribution in [3.63, 3.8) is 0 Å². The molecule has 2 atom stereocenters. The number of carbonyl (C=O) groups excluding carboxylic acids is 1. The fourth-order valence-corrected chi connectivity index (χ4v) is 2.54. The van der Waals surface area contributed by atoms with Gasteiger partial charge in [-0.3, -0.25) is 14.6 Å². The number of hydrogen-bond acceptors (Lipinski definition) is 3. The number of aryl methyl sites for hydroxylation is 1. The number of amides is 1. The van der Waals surface area contributed by atoms with Crippen molar-refractivity contribution in [2.45, 2.75) is 39.2 Å². The summed E-state index contributed by atoms with van der Waals surface area (Å²) in [6.07, 6.45) is 3.38. The van der Waals surface area contributed by atoms with Crippen LogP contribution in [-0.4, -0.2) is 39.5 Å². The van der Waals surface area contributed by atoms with Gasteiger partial charge in [0.25, 0.3) is 0 Å². The van der Waals surface area contributed by atoms with E-state index in [2.05, 4.69) is 4.98 Å². The Balaban J connectivity index is 2.03. The minimum absolute atomic E-state index is 0.0193. The number of nitrogens with zero attached hydrogens (tertiary/aromatic N) is 2. The first kappa shape index (κ1) is 14.5. The molecule has 0 spiro atoms. The van der Waals surface area contributed by atoms with E-state index < -0.39 is 11.9 Å². The molecular formula is C15H20N2O3. The Hall–Kier alpha value is -1.91. The predicted octanol–water partition coefficient (Wildman–Crippen LogP) is 1.64. The summed E-state index contributed by atoms with van der Waals surface area (Å²) in [7, 11) is 0. The molecule has 0 radical (unpaired) electrons. The van der Waals surface area contributed by atoms with Gasteiger partial charge in [0.2, 0.25) is 5.91 Å². The standard InChI is InChI=1S/C15H20N2O3/c1-10-3-5-12(8-16-10)7-14(18)17-9-13(15(19)20)6-4-11(17)2/h3,5,8,11,13H,4,6-7,9H2,1-2H3,(H,19,20). The van der Waals surface area contributed by atoms with Gasteiger partial charge in [-0.05, 0) is 38.3 Å². The first-order valence-corrected chi connectivity index (χ1v) is 6.91. The highest BCUT2D eigenvalue weighted by Gasteiger charge is 2.32. The van der Waals surface area contributed by atoms with Crippen LogP contribution in [0.1, 0.15) is 31.0 Å². The van der Waals surface area contributed by atoms with Crippen LogP contribution in [0.15, 0.2) is 18.3 Å². The molecule has 1 aromatic heterocycles. The summed E-state index contributed by atoms with van der Waals surface area (Å²) in [6.45, 7) is 4.19. The fraction of sp³-hybridized carbons (Fsp3) is 0.533. The molecule has 2 heterocycles. The molecular weight excluding hydrogens is 256 g/mol. The van der Waals surface area contributed by atoms with Crippen LogP contribution < -0.4 is 0 Å². The number of hydrogen-bond donors (Lipinski definition) is 1. The molecule has 0 bridgehead atoms. The van der Waals surface area contributed by atoms with Crippen molar-refractivity contribution in [1.82, 2.24) is 9.88 Å². The normalized spacial score (nSPS) is 22.6. The Morgan fingerprint density at radius 1 is 1.40 bits per heavy atom. The Kier molecular flexibility index (Phi) is 4.37. The summed E-state index contributed by atoms with van der Waals surface area (Å²) >= 11 is 0. The van der Waals surface area contributed by atoms with E-state index in [1.54, 1.807) is 11.1 Å². The third-order valence-electron chi connectivity index (χ3n) is 3.88. The summed E-state index contributed by atoms with van der Waals surface area (Å²) in [5.41, 5.74) is 1.78. The van der Waals surface area contributed by atoms with E-state index in [0.717, 1.165) is 17.7 Å². The second-order valence-electron chi connectivity index (χ2n) is 5.49. The average Bonchev–Trinajstić information content (AvgIpc) is 2.41. The number of carboxylic acids is 1. The molecule has 0 aliphatic carbocycles. The zero-order valence-corrected chi connectivity index (χ0v) is 11.9. The molecule has 1 aliphatic rings. The van der Waals surface area contributed by atoms with Gasteiger partial charge in [0, 0.05) is 24.5 Å². The van der Waals surface area contributed by atoms with Crippen molar-refractivity contribution in [3.05, 3.63) is 29.6 Å². The van der Waals surface area contributed by atoms with Crippen LogP contribution in [0.25, 0.3) is 0 Å². The van der Waals surface area contributed by atoms with Crippen LogP contribution in [0.5, 0.6) is 0 Å². The molecule has 1 amide bonds. The molecule has 5 nitrogen and oxygen atoms in total. The Morgan fingerprint density at radius 3 is 2.75 bits per heavy atom. The van der Waals surface area contributed by atoms with Crippen LogP contribution in [0.2, 0.25) is 0 Å². The van der Waals surface area contributed by atoms with Crippen molar-refractivity contribution in [3.8, 4) is 0 Å². The van der Waals surface area contributed by atoms with E-state index in [1.807, 2.05) is 26.0 Å². The molecule has 0 aromatic carbocycles. The first-order chi connectivity index (χ1) is 9.47. The van der Waals surface area contributed by atoms with Gasteiger partial charge in [0.15, 0.2) is 0 Å². The predicted molar refractivity (Wildman–Crippen MR) is 74.2 cm³/mol. The van der Waals surface area contributed by atoms with Crippen molar-refractivity contribution in [1.29, 1.82) is 0 Å². The highest BCUT2D eigenvalue weighted by atomic mass is 16.4. The zero-order valence-electron chi connectivity index (χ0n) is 11.9. The topological polar surface area (TPSA) is 70.5 Å². The van der Waals surface area contributed by atoms with E-state index in [1.165, 1.54) is 0 Å². The summed E-state index contributed by atoms with van der Waals surface area (Å²) in [5.74, 6) is -1.27. The fourth-order valence-electron chi connectivity index (χ4n) is 2.54. The van der Waals surface area contributed by atoms with Gasteiger partial charge in [-0.25, -0.2) is 0 Å². The molecule has 2 unspecified atom stereocenters. The lowest BCUT2D eigenvalue weighted by Gasteiger charge is -2.36. The second kappa shape index (κ2) is 6.03. The van der Waals surface area contributed by atoms with Crippen molar-refractivity contribution in [2.75, 3.05) is 6.54 Å². The van der Waals surface area contributed by atoms with Gasteiger partial charge < -0.3 is 10.0 Å². The third-order valence-corrected chi connectivity index (χ3v) is 3.88. The molecule has 20 heavy (non-hydrogen) atoms. The summed E-state index contributed by atoms with van der Waals surface area (Å²) in [5, 5.41) is 9.10. The van der Waals surface area contributed by atoms with Crippen molar-refractivity contribution < 1.29 is 14.7 Å². The number of aliphatic carboxylic acids is 1. The molecule has 5 heteroatoms. The van der Waals surface area contributed by atoms with Gasteiger partial charge in [-0.2, -0.15) is 0 Å². The number of pyridine rings is 1. The lowest BCUT2D eigenvalue weighted by atomic mass is 9.93. The van der Waals surface area contributed by atoms with E-state index >= 15 is 0 Å². The van der Waals surface area contributed by atoms with Gasteiger partial charge >= 0.3 is 5.97 Å². The first-order valence-electron chi connectivity index (χ1n) is 6.91. The smallest absolute Gasteiger partial charge is 0.308 e. The molecule has 1 fully saturated rings. The maximum Gasteiger partial charge on any atom is 0.308 e. The third kappa shape index (κ3) is 3.35. The maximum absolute atomic E-state index is 12.3. The van der Waals surface area contributed by atoms with Gasteiger partial charge in [0.1, 0.15) is 0 Å². The molecule has 1 aromatic rings. The number of rotatable bonds is 3. The lowest BCUT2D eigenvalue weighted by molar-refractivity contribution is -0.146. The lowest BCUT2D eigenvalue weighted by Crippen LogP contribution is -2.47. The second-order valence-corrected chi connectivity index (χ2v) is 5.49. The van der Waals surface area contributed by atoms with E-state index in [4.69, 9.17) is 5.11 Å². The summed E-state index contributed by atoms with van der Waals surface area (Å²) in [6, 6.07) is 3.88. The number of piperidine rings is 1. The van der Waals surface area contributed by atoms with Crippen LogP contribution in [0, 0.1) is 12.8 Å². The molecule has 2 rings (SSSR count). The monoisotopic (exact) mass is 276 g/mol. The SMILES string of the molecule is Cc1ccc(CC(=O)N2CC(C(=O)O)CCC2C)cn1. The van der Waals surface area contributed by atoms with Crippen LogP contribution in [0.3, 0.4) is 0 Å². The van der Waals surface area contributed by atoms with Crippen LogP contribution in [-0.2, 0) is 16.0 Å². The Bertz CT molecular complexity index is 498. The van der Waals surface area contributed by atoms with Gasteiger partial charge in [-0.15, -0.1) is 0 Å². The van der Waals surface area contributed by atoms with Crippen molar-refractivity contribution in [2.24, 2.45) is 5.92 Å². The summed E-state index contributed by atoms with van der Waals surface area (Å²) < 4.78 is 0. The van der Waals surface area contributed by atoms with Gasteiger partial charge in [-0.1, -0.05) is 6.07 Å². The number of carbonyl (C=O) groups is 2. The number of aromatic nitrogens is 1. The van der Waals surface area contributed by atoms with Gasteiger partial charge in [0.05, 0.1) is 12.3 Å². The summed E-state index contributed by atoms with van der Waals surface area (Å²) in [4.78, 5) is 29.3. The van der Waals surface area contributed by atoms with E-state index in [0.29, 0.717) is 13.0 Å². The number of carboxylic acid groups (broad SMARTS) is 1. The van der Waals surface area contributed by atoms with Crippen LogP contribution >= 0.6 is 0 Å². The number of likely N-dealkylation sites (tertiary alicyclic amines) is 1. The molecule has 0 saturated carbocycles. The quantitative estimate of drug-likeness (QED) is 0.911. The molecule has 1 N–H and O–H groups in total. The van der Waals surface area contributed by atoms with Crippen LogP contribution in [0.4, 0.5) is 0 Å². The Labute approximate surface area is 118 Å². The van der Waals surface area contributed by atoms with E-state index in [-0.39, 0.29) is 18.4 Å². The molecule has 1 saturated heterocycles. The molecule has 1 aliphatic heterocycles. The minimum Gasteiger partial charge on any atom is -0.481 e.